The van der Waals surface area contributed by atoms with Crippen molar-refractivity contribution in [3.05, 3.63) is 71.0 Å². The van der Waals surface area contributed by atoms with E-state index in [4.69, 9.17) is 5.11 Å². The molecule has 0 saturated carbocycles. The van der Waals surface area contributed by atoms with Gasteiger partial charge in [0.25, 0.3) is 0 Å². The largest absolute Gasteiger partial charge is 0.392 e. The third kappa shape index (κ3) is 3.06. The second kappa shape index (κ2) is 5.76. The van der Waals surface area contributed by atoms with Gasteiger partial charge in [-0.05, 0) is 35.4 Å². The van der Waals surface area contributed by atoms with Gasteiger partial charge < -0.3 is 5.11 Å². The normalized spacial score (nSPS) is 12.2. The molecule has 2 nitrogen and oxygen atoms in total. The fourth-order valence-electron chi connectivity index (χ4n) is 1.93. The lowest BCUT2D eigenvalue weighted by molar-refractivity contribution is 0.0966. The zero-order chi connectivity index (χ0) is 13.8. The van der Waals surface area contributed by atoms with Gasteiger partial charge >= 0.3 is 0 Å². The molecule has 3 heteroatoms. The average Bonchev–Trinajstić information content (AvgIpc) is 2.46. The second-order valence-electron chi connectivity index (χ2n) is 4.49. The molecule has 0 radical (unpaired) electrons. The first-order chi connectivity index (χ1) is 9.11. The van der Waals surface area contributed by atoms with Crippen LogP contribution in [0, 0.1) is 5.82 Å². The summed E-state index contributed by atoms with van der Waals surface area (Å²) in [7, 11) is 0. The van der Waals surface area contributed by atoms with Crippen LogP contribution < -0.4 is 0 Å². The summed E-state index contributed by atoms with van der Waals surface area (Å²) in [6.45, 7) is 1.81. The number of ketones is 1. The zero-order valence-electron chi connectivity index (χ0n) is 10.6. The van der Waals surface area contributed by atoms with Gasteiger partial charge in [0.2, 0.25) is 0 Å². The minimum absolute atomic E-state index is 0.0133. The number of carbonyl (C=O) groups is 1. The van der Waals surface area contributed by atoms with Gasteiger partial charge in [0, 0.05) is 11.5 Å². The van der Waals surface area contributed by atoms with Gasteiger partial charge in [0.1, 0.15) is 5.82 Å². The molecule has 0 aliphatic rings. The standard InChI is InChI=1S/C16H15FO2/c1-11(13-4-2-12(10-18)3-5-13)16(19)14-6-8-15(17)9-7-14/h2-9,11,18H,10H2,1H3. The number of carbonyl (C=O) groups excluding carboxylic acids is 1. The van der Waals surface area contributed by atoms with Crippen LogP contribution in [0.15, 0.2) is 48.5 Å². The van der Waals surface area contributed by atoms with Gasteiger partial charge in [-0.3, -0.25) is 4.79 Å². The molecule has 1 N–H and O–H groups in total. The minimum atomic E-state index is -0.350. The van der Waals surface area contributed by atoms with Crippen LogP contribution in [-0.4, -0.2) is 10.9 Å². The second-order valence-corrected chi connectivity index (χ2v) is 4.49. The van der Waals surface area contributed by atoms with E-state index < -0.39 is 0 Å². The van der Waals surface area contributed by atoms with Crippen molar-refractivity contribution in [2.45, 2.75) is 19.4 Å². The molecule has 1 unspecified atom stereocenters. The van der Waals surface area contributed by atoms with Gasteiger partial charge in [-0.15, -0.1) is 0 Å². The highest BCUT2D eigenvalue weighted by Gasteiger charge is 2.17. The maximum Gasteiger partial charge on any atom is 0.170 e. The molecule has 0 bridgehead atoms. The lowest BCUT2D eigenvalue weighted by atomic mass is 9.92. The van der Waals surface area contributed by atoms with E-state index in [1.54, 1.807) is 12.1 Å². The smallest absolute Gasteiger partial charge is 0.170 e. The third-order valence-corrected chi connectivity index (χ3v) is 3.18. The van der Waals surface area contributed by atoms with Gasteiger partial charge in [0.05, 0.1) is 6.61 Å². The van der Waals surface area contributed by atoms with Crippen molar-refractivity contribution < 1.29 is 14.3 Å². The molecule has 0 spiro atoms. The molecule has 1 atom stereocenters. The van der Waals surface area contributed by atoms with E-state index in [1.165, 1.54) is 24.3 Å². The van der Waals surface area contributed by atoms with Gasteiger partial charge in [-0.2, -0.15) is 0 Å². The van der Waals surface area contributed by atoms with Gasteiger partial charge in [-0.1, -0.05) is 31.2 Å². The van der Waals surface area contributed by atoms with Gasteiger partial charge in [0.15, 0.2) is 5.78 Å². The number of halogens is 1. The Balaban J connectivity index is 2.20. The lowest BCUT2D eigenvalue weighted by Crippen LogP contribution is -2.09. The molecule has 2 aromatic rings. The Hall–Kier alpha value is -2.00. The Labute approximate surface area is 111 Å². The highest BCUT2D eigenvalue weighted by atomic mass is 19.1. The zero-order valence-corrected chi connectivity index (χ0v) is 10.6. The SMILES string of the molecule is CC(C(=O)c1ccc(F)cc1)c1ccc(CO)cc1. The maximum atomic E-state index is 12.8. The molecule has 0 fully saturated rings. The summed E-state index contributed by atoms with van der Waals surface area (Å²) < 4.78 is 12.8. The van der Waals surface area contributed by atoms with E-state index in [-0.39, 0.29) is 24.1 Å². The van der Waals surface area contributed by atoms with Gasteiger partial charge in [-0.25, -0.2) is 4.39 Å². The predicted octanol–water partition coefficient (Wildman–Crippen LogP) is 3.30. The summed E-state index contributed by atoms with van der Waals surface area (Å²) in [5.74, 6) is -0.688. The molecule has 0 heterocycles. The first-order valence-corrected chi connectivity index (χ1v) is 6.11. The van der Waals surface area contributed by atoms with Crippen molar-refractivity contribution in [3.8, 4) is 0 Å². The summed E-state index contributed by atoms with van der Waals surface area (Å²) in [5.41, 5.74) is 2.19. The molecule has 0 amide bonds. The number of Topliss-reactive ketones (excluding diaryl/α,β-unsaturated/α-hetero) is 1. The van der Waals surface area contributed by atoms with Crippen molar-refractivity contribution in [2.75, 3.05) is 0 Å². The maximum absolute atomic E-state index is 12.8. The molecule has 0 aliphatic carbocycles. The topological polar surface area (TPSA) is 37.3 Å². The average molecular weight is 258 g/mol. The summed E-state index contributed by atoms with van der Waals surface area (Å²) in [5, 5.41) is 8.98. The van der Waals surface area contributed by atoms with E-state index in [0.29, 0.717) is 5.56 Å². The summed E-state index contributed by atoms with van der Waals surface area (Å²) in [6.07, 6.45) is 0. The van der Waals surface area contributed by atoms with Crippen LogP contribution in [0.2, 0.25) is 0 Å². The molecule has 0 aromatic heterocycles. The van der Waals surface area contributed by atoms with Crippen LogP contribution in [0.5, 0.6) is 0 Å². The highest BCUT2D eigenvalue weighted by Crippen LogP contribution is 2.21. The third-order valence-electron chi connectivity index (χ3n) is 3.18. The lowest BCUT2D eigenvalue weighted by Gasteiger charge is -2.11. The molecule has 0 saturated heterocycles. The van der Waals surface area contributed by atoms with Crippen molar-refractivity contribution in [1.29, 1.82) is 0 Å². The Morgan fingerprint density at radius 2 is 1.68 bits per heavy atom. The van der Waals surface area contributed by atoms with E-state index in [0.717, 1.165) is 11.1 Å². The molecule has 0 aliphatic heterocycles. The molecule has 2 rings (SSSR count). The Bertz CT molecular complexity index is 558. The number of rotatable bonds is 4. The molecular formula is C16H15FO2. The Morgan fingerprint density at radius 3 is 2.21 bits per heavy atom. The number of benzene rings is 2. The Kier molecular flexibility index (Phi) is 4.07. The number of hydrogen-bond donors (Lipinski definition) is 1. The van der Waals surface area contributed by atoms with E-state index in [9.17, 15) is 9.18 Å². The minimum Gasteiger partial charge on any atom is -0.392 e. The molecular weight excluding hydrogens is 243 g/mol. The molecule has 19 heavy (non-hydrogen) atoms. The molecule has 98 valence electrons. The fourth-order valence-corrected chi connectivity index (χ4v) is 1.93. The molecule has 2 aromatic carbocycles. The van der Waals surface area contributed by atoms with Crippen LogP contribution in [0.25, 0.3) is 0 Å². The summed E-state index contributed by atoms with van der Waals surface area (Å²) in [4.78, 5) is 12.2. The summed E-state index contributed by atoms with van der Waals surface area (Å²) in [6, 6.07) is 12.8. The number of hydrogen-bond acceptors (Lipinski definition) is 2. The van der Waals surface area contributed by atoms with Crippen molar-refractivity contribution in [2.24, 2.45) is 0 Å². The van der Waals surface area contributed by atoms with Crippen LogP contribution in [0.1, 0.15) is 34.3 Å². The van der Waals surface area contributed by atoms with Crippen LogP contribution in [0.4, 0.5) is 4.39 Å². The number of aliphatic hydroxyl groups excluding tert-OH is 1. The monoisotopic (exact) mass is 258 g/mol. The summed E-state index contributed by atoms with van der Waals surface area (Å²) >= 11 is 0. The highest BCUT2D eigenvalue weighted by molar-refractivity contribution is 6.00. The quantitative estimate of drug-likeness (QED) is 0.854. The van der Waals surface area contributed by atoms with E-state index in [2.05, 4.69) is 0 Å². The first-order valence-electron chi connectivity index (χ1n) is 6.11. The predicted molar refractivity (Wildman–Crippen MR) is 71.5 cm³/mol. The van der Waals surface area contributed by atoms with Crippen LogP contribution >= 0.6 is 0 Å². The fraction of sp³-hybridized carbons (Fsp3) is 0.188. The first kappa shape index (κ1) is 13.4. The Morgan fingerprint density at radius 1 is 1.11 bits per heavy atom. The van der Waals surface area contributed by atoms with E-state index >= 15 is 0 Å². The van der Waals surface area contributed by atoms with Crippen molar-refractivity contribution in [1.82, 2.24) is 0 Å². The van der Waals surface area contributed by atoms with Crippen LogP contribution in [0.3, 0.4) is 0 Å². The van der Waals surface area contributed by atoms with Crippen molar-refractivity contribution >= 4 is 5.78 Å². The van der Waals surface area contributed by atoms with Crippen LogP contribution in [-0.2, 0) is 6.61 Å². The number of aliphatic hydroxyl groups is 1. The van der Waals surface area contributed by atoms with E-state index in [1.807, 2.05) is 19.1 Å². The van der Waals surface area contributed by atoms with Crippen molar-refractivity contribution in [3.63, 3.8) is 0 Å².